The Morgan fingerprint density at radius 1 is 1.59 bits per heavy atom. The van der Waals surface area contributed by atoms with Crippen LogP contribution in [-0.4, -0.2) is 23.6 Å². The molecule has 1 aromatic carbocycles. The van der Waals surface area contributed by atoms with Crippen molar-refractivity contribution >= 4 is 46.4 Å². The van der Waals surface area contributed by atoms with Crippen LogP contribution in [0.1, 0.15) is 12.5 Å². The zero-order valence-electron chi connectivity index (χ0n) is 11.6. The Balaban J connectivity index is 2.14. The Bertz CT molecular complexity index is 735. The molecule has 1 N–H and O–H groups in total. The second-order valence-electron chi connectivity index (χ2n) is 4.20. The SMILES string of the molecule is C#CCOc1ccc(C=C2SC(NC(C)=O)=NC2=O)cc1Cl. The first kappa shape index (κ1) is 16.1. The van der Waals surface area contributed by atoms with Gasteiger partial charge in [-0.1, -0.05) is 23.6 Å². The van der Waals surface area contributed by atoms with Crippen molar-refractivity contribution in [1.82, 2.24) is 5.32 Å². The van der Waals surface area contributed by atoms with Gasteiger partial charge in [-0.2, -0.15) is 4.99 Å². The molecule has 0 spiro atoms. The summed E-state index contributed by atoms with van der Waals surface area (Å²) in [6, 6.07) is 5.07. The van der Waals surface area contributed by atoms with Crippen molar-refractivity contribution in [2.75, 3.05) is 6.61 Å². The first-order valence-electron chi connectivity index (χ1n) is 6.15. The maximum Gasteiger partial charge on any atom is 0.286 e. The van der Waals surface area contributed by atoms with Crippen LogP contribution >= 0.6 is 23.4 Å². The Kier molecular flexibility index (Phi) is 5.26. The highest BCUT2D eigenvalue weighted by Gasteiger charge is 2.22. The molecule has 2 rings (SSSR count). The molecular formula is C15H11ClN2O3S. The molecule has 1 aliphatic rings. The Labute approximate surface area is 136 Å². The summed E-state index contributed by atoms with van der Waals surface area (Å²) in [4.78, 5) is 26.9. The normalized spacial score (nSPS) is 15.4. The minimum absolute atomic E-state index is 0.127. The van der Waals surface area contributed by atoms with Gasteiger partial charge in [-0.15, -0.1) is 6.42 Å². The molecule has 5 nitrogen and oxygen atoms in total. The molecule has 0 saturated heterocycles. The van der Waals surface area contributed by atoms with E-state index >= 15 is 0 Å². The summed E-state index contributed by atoms with van der Waals surface area (Å²) >= 11 is 7.18. The molecule has 0 saturated carbocycles. The predicted molar refractivity (Wildman–Crippen MR) is 87.6 cm³/mol. The van der Waals surface area contributed by atoms with Gasteiger partial charge in [0.15, 0.2) is 5.17 Å². The number of hydrogen-bond acceptors (Lipinski definition) is 4. The number of terminal acetylenes is 1. The van der Waals surface area contributed by atoms with Gasteiger partial charge in [-0.25, -0.2) is 0 Å². The summed E-state index contributed by atoms with van der Waals surface area (Å²) in [5, 5.41) is 3.14. The molecule has 2 amide bonds. The highest BCUT2D eigenvalue weighted by molar-refractivity contribution is 8.18. The van der Waals surface area contributed by atoms with Crippen molar-refractivity contribution < 1.29 is 14.3 Å². The van der Waals surface area contributed by atoms with Crippen LogP contribution in [0.5, 0.6) is 5.75 Å². The maximum absolute atomic E-state index is 11.8. The second kappa shape index (κ2) is 7.16. The number of rotatable bonds is 3. The first-order chi connectivity index (χ1) is 10.5. The molecule has 0 atom stereocenters. The summed E-state index contributed by atoms with van der Waals surface area (Å²) in [7, 11) is 0. The lowest BCUT2D eigenvalue weighted by molar-refractivity contribution is -0.117. The number of amidine groups is 1. The molecule has 0 unspecified atom stereocenters. The van der Waals surface area contributed by atoms with Crippen LogP contribution in [0.15, 0.2) is 28.1 Å². The molecule has 0 aliphatic carbocycles. The van der Waals surface area contributed by atoms with Gasteiger partial charge < -0.3 is 10.1 Å². The third kappa shape index (κ3) is 4.13. The van der Waals surface area contributed by atoms with Gasteiger partial charge in [0, 0.05) is 6.92 Å². The Morgan fingerprint density at radius 2 is 2.36 bits per heavy atom. The minimum atomic E-state index is -0.405. The summed E-state index contributed by atoms with van der Waals surface area (Å²) in [6.07, 6.45) is 6.76. The van der Waals surface area contributed by atoms with Crippen LogP contribution in [-0.2, 0) is 9.59 Å². The van der Waals surface area contributed by atoms with E-state index in [-0.39, 0.29) is 17.7 Å². The van der Waals surface area contributed by atoms with Crippen molar-refractivity contribution in [3.05, 3.63) is 33.7 Å². The molecule has 0 aromatic heterocycles. The molecular weight excluding hydrogens is 324 g/mol. The summed E-state index contributed by atoms with van der Waals surface area (Å²) in [6.45, 7) is 1.48. The maximum atomic E-state index is 11.8. The Morgan fingerprint density at radius 3 is 3.00 bits per heavy atom. The van der Waals surface area contributed by atoms with Crippen molar-refractivity contribution in [3.8, 4) is 18.1 Å². The van der Waals surface area contributed by atoms with Gasteiger partial charge in [-0.3, -0.25) is 9.59 Å². The monoisotopic (exact) mass is 334 g/mol. The fraction of sp³-hybridized carbons (Fsp3) is 0.133. The summed E-state index contributed by atoms with van der Waals surface area (Å²) in [5.74, 6) is 2.14. The molecule has 0 fully saturated rings. The number of nitrogens with zero attached hydrogens (tertiary/aromatic N) is 1. The molecule has 112 valence electrons. The van der Waals surface area contributed by atoms with Crippen LogP contribution in [0, 0.1) is 12.3 Å². The van der Waals surface area contributed by atoms with Gasteiger partial charge in [0.2, 0.25) is 5.91 Å². The fourth-order valence-electron chi connectivity index (χ4n) is 1.61. The predicted octanol–water partition coefficient (Wildman–Crippen LogP) is 2.46. The van der Waals surface area contributed by atoms with Crippen molar-refractivity contribution in [2.45, 2.75) is 6.92 Å². The van der Waals surface area contributed by atoms with E-state index in [1.807, 2.05) is 0 Å². The molecule has 0 radical (unpaired) electrons. The van der Waals surface area contributed by atoms with E-state index in [0.29, 0.717) is 21.2 Å². The van der Waals surface area contributed by atoms with Crippen LogP contribution < -0.4 is 10.1 Å². The van der Waals surface area contributed by atoms with E-state index in [1.165, 1.54) is 6.92 Å². The lowest BCUT2D eigenvalue weighted by Crippen LogP contribution is -2.23. The van der Waals surface area contributed by atoms with Crippen molar-refractivity contribution in [3.63, 3.8) is 0 Å². The lowest BCUT2D eigenvalue weighted by atomic mass is 10.2. The zero-order chi connectivity index (χ0) is 16.1. The van der Waals surface area contributed by atoms with Gasteiger partial charge >= 0.3 is 0 Å². The zero-order valence-corrected chi connectivity index (χ0v) is 13.1. The minimum Gasteiger partial charge on any atom is -0.479 e. The van der Waals surface area contributed by atoms with E-state index in [1.54, 1.807) is 24.3 Å². The molecule has 1 heterocycles. The molecule has 0 bridgehead atoms. The number of aliphatic imine (C=N–C) groups is 1. The van der Waals surface area contributed by atoms with E-state index in [2.05, 4.69) is 16.2 Å². The highest BCUT2D eigenvalue weighted by atomic mass is 35.5. The number of carbonyl (C=O) groups excluding carboxylic acids is 2. The smallest absolute Gasteiger partial charge is 0.286 e. The van der Waals surface area contributed by atoms with Gasteiger partial charge in [0.05, 0.1) is 9.93 Å². The van der Waals surface area contributed by atoms with Crippen LogP contribution in [0.4, 0.5) is 0 Å². The number of halogens is 1. The largest absolute Gasteiger partial charge is 0.479 e. The highest BCUT2D eigenvalue weighted by Crippen LogP contribution is 2.30. The van der Waals surface area contributed by atoms with Crippen LogP contribution in [0.2, 0.25) is 5.02 Å². The Hall–Kier alpha value is -2.23. The van der Waals surface area contributed by atoms with Crippen LogP contribution in [0.3, 0.4) is 0 Å². The third-order valence-electron chi connectivity index (χ3n) is 2.47. The van der Waals surface area contributed by atoms with Crippen molar-refractivity contribution in [1.29, 1.82) is 0 Å². The topological polar surface area (TPSA) is 67.8 Å². The van der Waals surface area contributed by atoms with Gasteiger partial charge in [0.1, 0.15) is 12.4 Å². The number of thioether (sulfide) groups is 1. The van der Waals surface area contributed by atoms with Crippen LogP contribution in [0.25, 0.3) is 6.08 Å². The first-order valence-corrected chi connectivity index (χ1v) is 7.35. The standard InChI is InChI=1S/C15H11ClN2O3S/c1-3-6-21-12-5-4-10(7-11(12)16)8-13-14(20)18-15(22-13)17-9(2)19/h1,4-5,7-8H,6H2,2H3,(H,17,18,19,20). The molecule has 1 aliphatic heterocycles. The number of nitrogens with one attached hydrogen (secondary N) is 1. The average Bonchev–Trinajstić information content (AvgIpc) is 2.77. The molecule has 1 aromatic rings. The number of amides is 2. The number of carbonyl (C=O) groups is 2. The van der Waals surface area contributed by atoms with Gasteiger partial charge in [0.25, 0.3) is 5.91 Å². The number of benzene rings is 1. The van der Waals surface area contributed by atoms with E-state index in [4.69, 9.17) is 22.8 Å². The lowest BCUT2D eigenvalue weighted by Gasteiger charge is -2.05. The van der Waals surface area contributed by atoms with E-state index < -0.39 is 5.91 Å². The quantitative estimate of drug-likeness (QED) is 0.681. The number of ether oxygens (including phenoxy) is 1. The second-order valence-corrected chi connectivity index (χ2v) is 5.63. The van der Waals surface area contributed by atoms with Gasteiger partial charge in [-0.05, 0) is 35.5 Å². The number of hydrogen-bond donors (Lipinski definition) is 1. The molecule has 7 heteroatoms. The van der Waals surface area contributed by atoms with E-state index in [9.17, 15) is 9.59 Å². The third-order valence-corrected chi connectivity index (χ3v) is 3.66. The molecule has 22 heavy (non-hydrogen) atoms. The summed E-state index contributed by atoms with van der Waals surface area (Å²) in [5.41, 5.74) is 0.716. The average molecular weight is 335 g/mol. The van der Waals surface area contributed by atoms with E-state index in [0.717, 1.165) is 11.8 Å². The van der Waals surface area contributed by atoms with Crippen molar-refractivity contribution in [2.24, 2.45) is 4.99 Å². The summed E-state index contributed by atoms with van der Waals surface area (Å²) < 4.78 is 5.26. The fourth-order valence-corrected chi connectivity index (χ4v) is 2.71.